The minimum absolute atomic E-state index is 0.0324. The quantitative estimate of drug-likeness (QED) is 0.627. The highest BCUT2D eigenvalue weighted by molar-refractivity contribution is 8.00. The monoisotopic (exact) mass is 366 g/mol. The van der Waals surface area contributed by atoms with Crippen LogP contribution in [0.5, 0.6) is 0 Å². The molecule has 1 saturated carbocycles. The maximum absolute atomic E-state index is 12.3. The molecule has 1 fully saturated rings. The Labute approximate surface area is 158 Å². The van der Waals surface area contributed by atoms with E-state index in [0.717, 1.165) is 12.8 Å². The van der Waals surface area contributed by atoms with Crippen LogP contribution in [0, 0.1) is 25.2 Å². The minimum Gasteiger partial charge on any atom is -0.354 e. The molecule has 26 heavy (non-hydrogen) atoms. The van der Waals surface area contributed by atoms with Crippen molar-refractivity contribution in [2.45, 2.75) is 43.6 Å². The Hall–Kier alpha value is -2.39. The van der Waals surface area contributed by atoms with E-state index >= 15 is 0 Å². The molecule has 1 amide bonds. The lowest BCUT2D eigenvalue weighted by Gasteiger charge is -2.42. The molecule has 1 N–H and O–H groups in total. The third-order valence-corrected chi connectivity index (χ3v) is 5.92. The van der Waals surface area contributed by atoms with Gasteiger partial charge in [-0.05, 0) is 32.3 Å². The van der Waals surface area contributed by atoms with Gasteiger partial charge in [0.05, 0.1) is 11.4 Å². The molecule has 0 aliphatic heterocycles. The summed E-state index contributed by atoms with van der Waals surface area (Å²) >= 11 is 1.29. The van der Waals surface area contributed by atoms with Gasteiger partial charge in [-0.3, -0.25) is 4.79 Å². The Morgan fingerprint density at radius 3 is 2.62 bits per heavy atom. The molecular formula is C20H22N4OS. The number of rotatable bonds is 6. The van der Waals surface area contributed by atoms with Gasteiger partial charge in [-0.25, -0.2) is 9.97 Å². The second-order valence-corrected chi connectivity index (χ2v) is 7.68. The normalized spacial score (nSPS) is 15.0. The Kier molecular flexibility index (Phi) is 5.58. The standard InChI is InChI=1S/C20H22N4OS/c1-14-17(11-21)19(24-15(2)23-14)26-12-18(25)22-13-20(9-6-10-20)16-7-4-3-5-8-16/h3-5,7-8H,6,9-10,12-13H2,1-2H3,(H,22,25). The molecule has 1 aromatic carbocycles. The number of amides is 1. The number of aromatic nitrogens is 2. The van der Waals surface area contributed by atoms with E-state index in [0.29, 0.717) is 28.7 Å². The fourth-order valence-electron chi connectivity index (χ4n) is 3.33. The summed E-state index contributed by atoms with van der Waals surface area (Å²) in [5.41, 5.74) is 2.48. The van der Waals surface area contributed by atoms with E-state index in [1.54, 1.807) is 13.8 Å². The molecule has 0 bridgehead atoms. The molecular weight excluding hydrogens is 344 g/mol. The molecule has 0 radical (unpaired) electrons. The van der Waals surface area contributed by atoms with Gasteiger partial charge in [-0.15, -0.1) is 0 Å². The van der Waals surface area contributed by atoms with Gasteiger partial charge in [0, 0.05) is 12.0 Å². The fourth-order valence-corrected chi connectivity index (χ4v) is 4.23. The van der Waals surface area contributed by atoms with Crippen LogP contribution in [-0.2, 0) is 10.2 Å². The van der Waals surface area contributed by atoms with E-state index in [1.807, 2.05) is 6.07 Å². The van der Waals surface area contributed by atoms with E-state index in [-0.39, 0.29) is 17.1 Å². The molecule has 5 nitrogen and oxygen atoms in total. The van der Waals surface area contributed by atoms with Crippen LogP contribution in [0.2, 0.25) is 0 Å². The summed E-state index contributed by atoms with van der Waals surface area (Å²) in [6.45, 7) is 4.24. The minimum atomic E-state index is -0.0324. The summed E-state index contributed by atoms with van der Waals surface area (Å²) in [7, 11) is 0. The Balaban J connectivity index is 1.60. The van der Waals surface area contributed by atoms with Crippen LogP contribution >= 0.6 is 11.8 Å². The number of nitrogens with one attached hydrogen (secondary N) is 1. The van der Waals surface area contributed by atoms with Gasteiger partial charge in [-0.2, -0.15) is 5.26 Å². The maximum atomic E-state index is 12.3. The number of hydrogen-bond acceptors (Lipinski definition) is 5. The summed E-state index contributed by atoms with van der Waals surface area (Å²) in [5, 5.41) is 12.9. The Bertz CT molecular complexity index is 841. The van der Waals surface area contributed by atoms with Crippen molar-refractivity contribution in [3.63, 3.8) is 0 Å². The van der Waals surface area contributed by atoms with Crippen LogP contribution in [0.4, 0.5) is 0 Å². The predicted octanol–water partition coefficient (Wildman–Crippen LogP) is 3.30. The van der Waals surface area contributed by atoms with Crippen molar-refractivity contribution in [2.75, 3.05) is 12.3 Å². The zero-order valence-electron chi connectivity index (χ0n) is 15.1. The first-order chi connectivity index (χ1) is 12.5. The number of carbonyl (C=O) groups is 1. The van der Waals surface area contributed by atoms with Crippen molar-refractivity contribution in [1.29, 1.82) is 5.26 Å². The second-order valence-electron chi connectivity index (χ2n) is 6.71. The molecule has 0 spiro atoms. The van der Waals surface area contributed by atoms with Gasteiger partial charge < -0.3 is 5.32 Å². The molecule has 0 atom stereocenters. The van der Waals surface area contributed by atoms with E-state index in [9.17, 15) is 10.1 Å². The topological polar surface area (TPSA) is 78.7 Å². The van der Waals surface area contributed by atoms with Crippen LogP contribution in [0.3, 0.4) is 0 Å². The highest BCUT2D eigenvalue weighted by Crippen LogP contribution is 2.43. The van der Waals surface area contributed by atoms with E-state index in [1.165, 1.54) is 23.7 Å². The average Bonchev–Trinajstić information content (AvgIpc) is 2.59. The largest absolute Gasteiger partial charge is 0.354 e. The fraction of sp³-hybridized carbons (Fsp3) is 0.400. The highest BCUT2D eigenvalue weighted by Gasteiger charge is 2.38. The number of benzene rings is 1. The summed E-state index contributed by atoms with van der Waals surface area (Å²) in [5.74, 6) is 0.826. The van der Waals surface area contributed by atoms with Crippen molar-refractivity contribution in [3.05, 3.63) is 53.0 Å². The van der Waals surface area contributed by atoms with Crippen molar-refractivity contribution >= 4 is 17.7 Å². The van der Waals surface area contributed by atoms with Crippen LogP contribution < -0.4 is 5.32 Å². The van der Waals surface area contributed by atoms with Crippen molar-refractivity contribution < 1.29 is 4.79 Å². The molecule has 134 valence electrons. The smallest absolute Gasteiger partial charge is 0.230 e. The Morgan fingerprint density at radius 2 is 2.00 bits per heavy atom. The zero-order valence-corrected chi connectivity index (χ0v) is 15.9. The molecule has 1 aliphatic rings. The molecule has 6 heteroatoms. The number of nitrogens with zero attached hydrogens (tertiary/aromatic N) is 3. The summed E-state index contributed by atoms with van der Waals surface area (Å²) in [6.07, 6.45) is 3.41. The lowest BCUT2D eigenvalue weighted by molar-refractivity contribution is -0.119. The predicted molar refractivity (Wildman–Crippen MR) is 102 cm³/mol. The maximum Gasteiger partial charge on any atom is 0.230 e. The summed E-state index contributed by atoms with van der Waals surface area (Å²) in [6, 6.07) is 12.5. The van der Waals surface area contributed by atoms with Crippen molar-refractivity contribution in [3.8, 4) is 6.07 Å². The van der Waals surface area contributed by atoms with Gasteiger partial charge in [0.2, 0.25) is 5.91 Å². The highest BCUT2D eigenvalue weighted by atomic mass is 32.2. The first-order valence-corrected chi connectivity index (χ1v) is 9.73. The molecule has 3 rings (SSSR count). The van der Waals surface area contributed by atoms with Gasteiger partial charge in [0.25, 0.3) is 0 Å². The number of nitriles is 1. The number of thioether (sulfide) groups is 1. The second kappa shape index (κ2) is 7.88. The molecule has 1 heterocycles. The molecule has 0 unspecified atom stereocenters. The number of hydrogen-bond donors (Lipinski definition) is 1. The summed E-state index contributed by atoms with van der Waals surface area (Å²) < 4.78 is 0. The Morgan fingerprint density at radius 1 is 1.27 bits per heavy atom. The third-order valence-electron chi connectivity index (χ3n) is 4.94. The van der Waals surface area contributed by atoms with Crippen molar-refractivity contribution in [1.82, 2.24) is 15.3 Å². The first-order valence-electron chi connectivity index (χ1n) is 8.74. The van der Waals surface area contributed by atoms with Crippen molar-refractivity contribution in [2.24, 2.45) is 0 Å². The van der Waals surface area contributed by atoms with Gasteiger partial charge in [0.1, 0.15) is 22.5 Å². The zero-order chi connectivity index (χ0) is 18.6. The van der Waals surface area contributed by atoms with E-state index < -0.39 is 0 Å². The average molecular weight is 366 g/mol. The molecule has 1 aliphatic carbocycles. The lowest BCUT2D eigenvalue weighted by Crippen LogP contribution is -2.46. The number of aryl methyl sites for hydroxylation is 2. The van der Waals surface area contributed by atoms with Crippen LogP contribution in [-0.4, -0.2) is 28.2 Å². The SMILES string of the molecule is Cc1nc(C)c(C#N)c(SCC(=O)NCC2(c3ccccc3)CCC2)n1. The van der Waals surface area contributed by atoms with Gasteiger partial charge in [0.15, 0.2) is 0 Å². The van der Waals surface area contributed by atoms with Gasteiger partial charge in [-0.1, -0.05) is 48.5 Å². The van der Waals surface area contributed by atoms with Crippen LogP contribution in [0.25, 0.3) is 0 Å². The lowest BCUT2D eigenvalue weighted by atomic mass is 9.64. The molecule has 2 aromatic rings. The molecule has 1 aromatic heterocycles. The van der Waals surface area contributed by atoms with Gasteiger partial charge >= 0.3 is 0 Å². The van der Waals surface area contributed by atoms with E-state index in [2.05, 4.69) is 45.6 Å². The molecule has 0 saturated heterocycles. The number of carbonyl (C=O) groups excluding carboxylic acids is 1. The summed E-state index contributed by atoms with van der Waals surface area (Å²) in [4.78, 5) is 20.9. The van der Waals surface area contributed by atoms with Crippen LogP contribution in [0.1, 0.15) is 41.9 Å². The first kappa shape index (κ1) is 18.4. The third kappa shape index (κ3) is 3.88. The van der Waals surface area contributed by atoms with E-state index in [4.69, 9.17) is 0 Å². The van der Waals surface area contributed by atoms with Crippen LogP contribution in [0.15, 0.2) is 35.4 Å².